The Bertz CT molecular complexity index is 401. The molecule has 0 radical (unpaired) electrons. The second-order valence-corrected chi connectivity index (χ2v) is 4.49. The largest absolute Gasteiger partial charge is 0.399 e. The van der Waals surface area contributed by atoms with E-state index in [-0.39, 0.29) is 5.91 Å². The Morgan fingerprint density at radius 3 is 2.94 bits per heavy atom. The van der Waals surface area contributed by atoms with Gasteiger partial charge in [0.2, 0.25) is 5.91 Å². The maximum absolute atomic E-state index is 11.9. The highest BCUT2D eigenvalue weighted by Gasteiger charge is 2.08. The highest BCUT2D eigenvalue weighted by Crippen LogP contribution is 2.09. The van der Waals surface area contributed by atoms with E-state index in [4.69, 9.17) is 5.73 Å². The summed E-state index contributed by atoms with van der Waals surface area (Å²) < 4.78 is 0. The Labute approximate surface area is 109 Å². The van der Waals surface area contributed by atoms with E-state index in [1.54, 1.807) is 4.90 Å². The average Bonchev–Trinajstić information content (AvgIpc) is 2.36. The van der Waals surface area contributed by atoms with Gasteiger partial charge in [-0.2, -0.15) is 0 Å². The van der Waals surface area contributed by atoms with Crippen molar-refractivity contribution in [3.05, 3.63) is 42.5 Å². The van der Waals surface area contributed by atoms with E-state index in [9.17, 15) is 4.79 Å². The summed E-state index contributed by atoms with van der Waals surface area (Å²) in [6, 6.07) is 7.70. The second-order valence-electron chi connectivity index (χ2n) is 4.49. The molecule has 3 heteroatoms. The predicted octanol–water partition coefficient (Wildman–Crippen LogP) is 2.63. The summed E-state index contributed by atoms with van der Waals surface area (Å²) in [4.78, 5) is 13.7. The minimum absolute atomic E-state index is 0.182. The number of allylic oxidation sites excluding steroid dienone is 1. The van der Waals surface area contributed by atoms with E-state index in [1.165, 1.54) is 0 Å². The lowest BCUT2D eigenvalue weighted by Crippen LogP contribution is -2.27. The van der Waals surface area contributed by atoms with Crippen molar-refractivity contribution >= 4 is 11.6 Å². The summed E-state index contributed by atoms with van der Waals surface area (Å²) >= 11 is 0. The molecule has 1 aromatic rings. The number of nitrogens with zero attached hydrogens (tertiary/aromatic N) is 1. The highest BCUT2D eigenvalue weighted by molar-refractivity contribution is 5.76. The van der Waals surface area contributed by atoms with Crippen molar-refractivity contribution in [2.24, 2.45) is 0 Å². The summed E-state index contributed by atoms with van der Waals surface area (Å²) in [5.74, 6) is 0.182. The van der Waals surface area contributed by atoms with Crippen LogP contribution in [-0.4, -0.2) is 24.4 Å². The molecule has 0 spiro atoms. The third-order valence-electron chi connectivity index (χ3n) is 2.91. The number of nitrogen functional groups attached to an aromatic ring is 1. The summed E-state index contributed by atoms with van der Waals surface area (Å²) in [5, 5.41) is 0. The summed E-state index contributed by atoms with van der Waals surface area (Å²) in [5.41, 5.74) is 7.56. The van der Waals surface area contributed by atoms with Crippen molar-refractivity contribution < 1.29 is 4.79 Å². The number of amides is 1. The van der Waals surface area contributed by atoms with Crippen LogP contribution in [0.2, 0.25) is 0 Å². The minimum Gasteiger partial charge on any atom is -0.399 e. The zero-order chi connectivity index (χ0) is 13.4. The van der Waals surface area contributed by atoms with Gasteiger partial charge in [-0.15, -0.1) is 6.58 Å². The zero-order valence-corrected chi connectivity index (χ0v) is 11.1. The van der Waals surface area contributed by atoms with Crippen molar-refractivity contribution in [1.82, 2.24) is 4.90 Å². The SMILES string of the molecule is C=CCCCN(C)C(=O)CCc1cccc(N)c1. The Balaban J connectivity index is 2.34. The van der Waals surface area contributed by atoms with Crippen molar-refractivity contribution in [1.29, 1.82) is 0 Å². The summed E-state index contributed by atoms with van der Waals surface area (Å²) in [6.07, 6.45) is 5.09. The van der Waals surface area contributed by atoms with Crippen LogP contribution in [0, 0.1) is 0 Å². The molecule has 98 valence electrons. The number of carbonyl (C=O) groups is 1. The number of unbranched alkanes of at least 4 members (excludes halogenated alkanes) is 1. The van der Waals surface area contributed by atoms with Gasteiger partial charge in [0.1, 0.15) is 0 Å². The molecule has 1 rings (SSSR count). The molecule has 3 nitrogen and oxygen atoms in total. The Hall–Kier alpha value is -1.77. The van der Waals surface area contributed by atoms with E-state index in [0.29, 0.717) is 6.42 Å². The van der Waals surface area contributed by atoms with Gasteiger partial charge in [-0.25, -0.2) is 0 Å². The number of hydrogen-bond acceptors (Lipinski definition) is 2. The Kier molecular flexibility index (Phi) is 5.98. The van der Waals surface area contributed by atoms with Crippen LogP contribution in [0.5, 0.6) is 0 Å². The molecule has 0 aliphatic carbocycles. The van der Waals surface area contributed by atoms with Crippen molar-refractivity contribution in [3.8, 4) is 0 Å². The molecule has 1 aromatic carbocycles. The molecule has 0 unspecified atom stereocenters. The molecular formula is C15H22N2O. The van der Waals surface area contributed by atoms with Crippen LogP contribution in [0.3, 0.4) is 0 Å². The van der Waals surface area contributed by atoms with Gasteiger partial charge in [-0.3, -0.25) is 4.79 Å². The fourth-order valence-corrected chi connectivity index (χ4v) is 1.79. The standard InChI is InChI=1S/C15H22N2O/c1-3-4-5-11-17(2)15(18)10-9-13-7-6-8-14(16)12-13/h3,6-8,12H,1,4-5,9-11,16H2,2H3. The van der Waals surface area contributed by atoms with Crippen LogP contribution >= 0.6 is 0 Å². The predicted molar refractivity (Wildman–Crippen MR) is 76.2 cm³/mol. The average molecular weight is 246 g/mol. The Morgan fingerprint density at radius 1 is 1.50 bits per heavy atom. The first-order valence-corrected chi connectivity index (χ1v) is 6.32. The first-order valence-electron chi connectivity index (χ1n) is 6.32. The molecule has 0 atom stereocenters. The number of rotatable bonds is 7. The fourth-order valence-electron chi connectivity index (χ4n) is 1.79. The molecule has 2 N–H and O–H groups in total. The molecule has 0 heterocycles. The van der Waals surface area contributed by atoms with Gasteiger partial charge in [0, 0.05) is 25.7 Å². The first kappa shape index (κ1) is 14.3. The maximum Gasteiger partial charge on any atom is 0.222 e. The third-order valence-corrected chi connectivity index (χ3v) is 2.91. The van der Waals surface area contributed by atoms with E-state index in [1.807, 2.05) is 37.4 Å². The first-order chi connectivity index (χ1) is 8.63. The highest BCUT2D eigenvalue weighted by atomic mass is 16.2. The molecule has 18 heavy (non-hydrogen) atoms. The van der Waals surface area contributed by atoms with Gasteiger partial charge in [0.25, 0.3) is 0 Å². The smallest absolute Gasteiger partial charge is 0.222 e. The van der Waals surface area contributed by atoms with Crippen LogP contribution in [0.25, 0.3) is 0 Å². The monoisotopic (exact) mass is 246 g/mol. The molecule has 1 amide bonds. The molecule has 0 saturated heterocycles. The van der Waals surface area contributed by atoms with Gasteiger partial charge in [0.05, 0.1) is 0 Å². The molecule has 0 aliphatic heterocycles. The molecule has 0 saturated carbocycles. The minimum atomic E-state index is 0.182. The fraction of sp³-hybridized carbons (Fsp3) is 0.400. The quantitative estimate of drug-likeness (QED) is 0.456. The lowest BCUT2D eigenvalue weighted by molar-refractivity contribution is -0.129. The number of aryl methyl sites for hydroxylation is 1. The third kappa shape index (κ3) is 5.04. The second kappa shape index (κ2) is 7.54. The van der Waals surface area contributed by atoms with Gasteiger partial charge in [-0.05, 0) is 37.0 Å². The number of hydrogen-bond donors (Lipinski definition) is 1. The molecule has 0 bridgehead atoms. The van der Waals surface area contributed by atoms with Gasteiger partial charge in [0.15, 0.2) is 0 Å². The molecule has 0 aliphatic rings. The number of benzene rings is 1. The maximum atomic E-state index is 11.9. The summed E-state index contributed by atoms with van der Waals surface area (Å²) in [7, 11) is 1.85. The van der Waals surface area contributed by atoms with Crippen LogP contribution in [0.4, 0.5) is 5.69 Å². The van der Waals surface area contributed by atoms with Gasteiger partial charge >= 0.3 is 0 Å². The van der Waals surface area contributed by atoms with Crippen LogP contribution in [0.15, 0.2) is 36.9 Å². The van der Waals surface area contributed by atoms with E-state index in [2.05, 4.69) is 6.58 Å². The lowest BCUT2D eigenvalue weighted by Gasteiger charge is -2.16. The molecular weight excluding hydrogens is 224 g/mol. The molecule has 0 aromatic heterocycles. The van der Waals surface area contributed by atoms with Crippen molar-refractivity contribution in [3.63, 3.8) is 0 Å². The number of nitrogens with two attached hydrogens (primary N) is 1. The molecule has 0 fully saturated rings. The van der Waals surface area contributed by atoms with Crippen LogP contribution < -0.4 is 5.73 Å². The van der Waals surface area contributed by atoms with Crippen LogP contribution in [-0.2, 0) is 11.2 Å². The van der Waals surface area contributed by atoms with Crippen molar-refractivity contribution in [2.75, 3.05) is 19.3 Å². The van der Waals surface area contributed by atoms with E-state index < -0.39 is 0 Å². The normalized spacial score (nSPS) is 10.1. The Morgan fingerprint density at radius 2 is 2.28 bits per heavy atom. The summed E-state index contributed by atoms with van der Waals surface area (Å²) in [6.45, 7) is 4.46. The van der Waals surface area contributed by atoms with Gasteiger partial charge in [-0.1, -0.05) is 18.2 Å². The number of anilines is 1. The topological polar surface area (TPSA) is 46.3 Å². The van der Waals surface area contributed by atoms with Crippen LogP contribution in [0.1, 0.15) is 24.8 Å². The van der Waals surface area contributed by atoms with Gasteiger partial charge < -0.3 is 10.6 Å². The number of carbonyl (C=O) groups excluding carboxylic acids is 1. The van der Waals surface area contributed by atoms with E-state index in [0.717, 1.165) is 37.1 Å². The lowest BCUT2D eigenvalue weighted by atomic mass is 10.1. The zero-order valence-electron chi connectivity index (χ0n) is 11.1. The van der Waals surface area contributed by atoms with E-state index >= 15 is 0 Å². The van der Waals surface area contributed by atoms with Crippen molar-refractivity contribution in [2.45, 2.75) is 25.7 Å².